The lowest BCUT2D eigenvalue weighted by Crippen LogP contribution is -1.98. The molecule has 0 aliphatic rings. The molecule has 0 spiro atoms. The lowest BCUT2D eigenvalue weighted by Gasteiger charge is -2.07. The van der Waals surface area contributed by atoms with Gasteiger partial charge in [-0.05, 0) is 6.07 Å². The van der Waals surface area contributed by atoms with E-state index in [-0.39, 0.29) is 0 Å². The number of ether oxygens (including phenoxy) is 1. The van der Waals surface area contributed by atoms with Crippen LogP contribution in [0.25, 0.3) is 10.2 Å². The fourth-order valence-corrected chi connectivity index (χ4v) is 3.54. The standard InChI is InChI=1S/C12H11ClN4OS2/c1-18-8-2-6(3-9-10(8)17-12(14)20-9)15-4-7-5-16-11(13)19-7/h2-3,5,15H,4H2,1H3,(H2,14,17). The third-order valence-corrected chi connectivity index (χ3v) is 4.63. The molecule has 2 heterocycles. The Morgan fingerprint density at radius 3 is 2.95 bits per heavy atom. The highest BCUT2D eigenvalue weighted by atomic mass is 35.5. The molecule has 0 saturated carbocycles. The van der Waals surface area contributed by atoms with E-state index in [1.54, 1.807) is 13.3 Å². The van der Waals surface area contributed by atoms with Gasteiger partial charge in [0.15, 0.2) is 9.60 Å². The van der Waals surface area contributed by atoms with Crippen molar-refractivity contribution in [2.45, 2.75) is 6.54 Å². The number of thiazole rings is 2. The van der Waals surface area contributed by atoms with E-state index in [9.17, 15) is 0 Å². The lowest BCUT2D eigenvalue weighted by atomic mass is 10.2. The van der Waals surface area contributed by atoms with Crippen LogP contribution in [0, 0.1) is 0 Å². The molecule has 0 radical (unpaired) electrons. The molecule has 1 aromatic carbocycles. The Bertz CT molecular complexity index is 755. The maximum atomic E-state index is 5.81. The van der Waals surface area contributed by atoms with Crippen molar-refractivity contribution < 1.29 is 4.74 Å². The van der Waals surface area contributed by atoms with Crippen LogP contribution in [-0.2, 0) is 6.54 Å². The molecule has 3 N–H and O–H groups in total. The molecule has 3 rings (SSSR count). The fraction of sp³-hybridized carbons (Fsp3) is 0.167. The zero-order chi connectivity index (χ0) is 14.1. The number of hydrogen-bond donors (Lipinski definition) is 2. The quantitative estimate of drug-likeness (QED) is 0.766. The van der Waals surface area contributed by atoms with Gasteiger partial charge in [-0.1, -0.05) is 22.9 Å². The molecule has 0 aliphatic carbocycles. The maximum absolute atomic E-state index is 5.81. The monoisotopic (exact) mass is 326 g/mol. The molecule has 3 aromatic rings. The molecule has 0 atom stereocenters. The Kier molecular flexibility index (Phi) is 3.64. The largest absolute Gasteiger partial charge is 0.494 e. The number of benzene rings is 1. The molecule has 0 fully saturated rings. The van der Waals surface area contributed by atoms with Gasteiger partial charge in [-0.2, -0.15) is 0 Å². The molecule has 0 unspecified atom stereocenters. The second kappa shape index (κ2) is 5.43. The summed E-state index contributed by atoms with van der Waals surface area (Å²) in [6, 6.07) is 3.92. The third-order valence-electron chi connectivity index (χ3n) is 2.69. The number of nitrogens with two attached hydrogens (primary N) is 1. The van der Waals surface area contributed by atoms with Gasteiger partial charge in [-0.3, -0.25) is 0 Å². The number of nitrogens with one attached hydrogen (secondary N) is 1. The smallest absolute Gasteiger partial charge is 0.183 e. The van der Waals surface area contributed by atoms with Crippen molar-refractivity contribution in [3.8, 4) is 5.75 Å². The SMILES string of the molecule is COc1cc(NCc2cnc(Cl)s2)cc2sc(N)nc12. The molecule has 104 valence electrons. The highest BCUT2D eigenvalue weighted by Gasteiger charge is 2.10. The zero-order valence-corrected chi connectivity index (χ0v) is 12.9. The molecule has 8 heteroatoms. The summed E-state index contributed by atoms with van der Waals surface area (Å²) < 4.78 is 6.89. The summed E-state index contributed by atoms with van der Waals surface area (Å²) in [5.41, 5.74) is 7.48. The Labute approximate surface area is 128 Å². The van der Waals surface area contributed by atoms with Gasteiger partial charge < -0.3 is 15.8 Å². The predicted octanol–water partition coefficient (Wildman–Crippen LogP) is 3.61. The number of nitrogens with zero attached hydrogens (tertiary/aromatic N) is 2. The van der Waals surface area contributed by atoms with E-state index in [0.717, 1.165) is 20.8 Å². The summed E-state index contributed by atoms with van der Waals surface area (Å²) in [4.78, 5) is 9.34. The Balaban J connectivity index is 1.87. The van der Waals surface area contributed by atoms with Crippen molar-refractivity contribution in [3.63, 3.8) is 0 Å². The predicted molar refractivity (Wildman–Crippen MR) is 85.0 cm³/mol. The van der Waals surface area contributed by atoms with Gasteiger partial charge in [0.1, 0.15) is 11.3 Å². The van der Waals surface area contributed by atoms with Crippen LogP contribution in [0.2, 0.25) is 4.47 Å². The minimum absolute atomic E-state index is 0.532. The van der Waals surface area contributed by atoms with E-state index in [0.29, 0.717) is 21.9 Å². The Morgan fingerprint density at radius 1 is 1.40 bits per heavy atom. The zero-order valence-electron chi connectivity index (χ0n) is 10.5. The summed E-state index contributed by atoms with van der Waals surface area (Å²) in [5.74, 6) is 0.709. The third kappa shape index (κ3) is 2.65. The lowest BCUT2D eigenvalue weighted by molar-refractivity contribution is 0.419. The fourth-order valence-electron chi connectivity index (χ4n) is 1.83. The number of halogens is 1. The molecular weight excluding hydrogens is 316 g/mol. The minimum atomic E-state index is 0.532. The Hall–Kier alpha value is -1.57. The van der Waals surface area contributed by atoms with Gasteiger partial charge >= 0.3 is 0 Å². The average molecular weight is 327 g/mol. The second-order valence-corrected chi connectivity index (χ2v) is 6.77. The summed E-state index contributed by atoms with van der Waals surface area (Å²) in [6.45, 7) is 0.660. The number of nitrogen functional groups attached to an aromatic ring is 1. The van der Waals surface area contributed by atoms with Crippen LogP contribution in [0.15, 0.2) is 18.3 Å². The number of fused-ring (bicyclic) bond motifs is 1. The first kappa shape index (κ1) is 13.4. The van der Waals surface area contributed by atoms with Crippen LogP contribution in [0.5, 0.6) is 5.75 Å². The molecule has 0 amide bonds. The summed E-state index contributed by atoms with van der Waals surface area (Å²) in [7, 11) is 1.62. The van der Waals surface area contributed by atoms with Crippen LogP contribution < -0.4 is 15.8 Å². The van der Waals surface area contributed by atoms with Crippen molar-refractivity contribution in [1.29, 1.82) is 0 Å². The van der Waals surface area contributed by atoms with E-state index in [1.165, 1.54) is 22.7 Å². The number of rotatable bonds is 4. The van der Waals surface area contributed by atoms with Crippen LogP contribution in [0.4, 0.5) is 10.8 Å². The molecule has 20 heavy (non-hydrogen) atoms. The number of anilines is 2. The summed E-state index contributed by atoms with van der Waals surface area (Å²) in [6.07, 6.45) is 1.76. The van der Waals surface area contributed by atoms with Crippen LogP contribution >= 0.6 is 34.3 Å². The van der Waals surface area contributed by atoms with Crippen molar-refractivity contribution in [2.24, 2.45) is 0 Å². The number of aromatic nitrogens is 2. The molecule has 0 aliphatic heterocycles. The van der Waals surface area contributed by atoms with Gasteiger partial charge in [0.05, 0.1) is 18.4 Å². The maximum Gasteiger partial charge on any atom is 0.183 e. The van der Waals surface area contributed by atoms with Crippen molar-refractivity contribution in [3.05, 3.63) is 27.7 Å². The molecule has 2 aromatic heterocycles. The minimum Gasteiger partial charge on any atom is -0.494 e. The molecular formula is C12H11ClN4OS2. The first-order valence-corrected chi connectivity index (χ1v) is 7.75. The van der Waals surface area contributed by atoms with Gasteiger partial charge in [0.25, 0.3) is 0 Å². The highest BCUT2D eigenvalue weighted by Crippen LogP contribution is 2.34. The van der Waals surface area contributed by atoms with Gasteiger partial charge in [-0.25, -0.2) is 9.97 Å². The van der Waals surface area contributed by atoms with Crippen LogP contribution in [0.3, 0.4) is 0 Å². The first-order chi connectivity index (χ1) is 9.65. The van der Waals surface area contributed by atoms with E-state index in [1.807, 2.05) is 12.1 Å². The van der Waals surface area contributed by atoms with Gasteiger partial charge in [0.2, 0.25) is 0 Å². The van der Waals surface area contributed by atoms with Crippen molar-refractivity contribution >= 4 is 55.3 Å². The molecule has 0 bridgehead atoms. The van der Waals surface area contributed by atoms with Gasteiger partial charge in [-0.15, -0.1) is 11.3 Å². The van der Waals surface area contributed by atoms with Crippen molar-refractivity contribution in [1.82, 2.24) is 9.97 Å². The topological polar surface area (TPSA) is 73.1 Å². The Morgan fingerprint density at radius 2 is 2.25 bits per heavy atom. The normalized spacial score (nSPS) is 10.9. The van der Waals surface area contributed by atoms with Gasteiger partial charge in [0, 0.05) is 22.8 Å². The summed E-state index contributed by atoms with van der Waals surface area (Å²) in [5, 5.41) is 3.85. The average Bonchev–Trinajstić information content (AvgIpc) is 3.00. The summed E-state index contributed by atoms with van der Waals surface area (Å²) >= 11 is 8.70. The number of hydrogen-bond acceptors (Lipinski definition) is 7. The van der Waals surface area contributed by atoms with E-state index in [4.69, 9.17) is 22.1 Å². The highest BCUT2D eigenvalue weighted by molar-refractivity contribution is 7.22. The molecule has 0 saturated heterocycles. The van der Waals surface area contributed by atoms with Crippen LogP contribution in [-0.4, -0.2) is 17.1 Å². The number of methoxy groups -OCH3 is 1. The molecule has 5 nitrogen and oxygen atoms in total. The van der Waals surface area contributed by atoms with Crippen molar-refractivity contribution in [2.75, 3.05) is 18.2 Å². The van der Waals surface area contributed by atoms with E-state index >= 15 is 0 Å². The first-order valence-electron chi connectivity index (χ1n) is 5.74. The van der Waals surface area contributed by atoms with Crippen LogP contribution in [0.1, 0.15) is 4.88 Å². The second-order valence-electron chi connectivity index (χ2n) is 4.01. The van der Waals surface area contributed by atoms with E-state index < -0.39 is 0 Å². The van der Waals surface area contributed by atoms with E-state index in [2.05, 4.69) is 15.3 Å².